The second kappa shape index (κ2) is 7.00. The van der Waals surface area contributed by atoms with Gasteiger partial charge in [-0.2, -0.15) is 0 Å². The molecule has 4 aromatic rings. The normalized spacial score (nSPS) is 11.1. The van der Waals surface area contributed by atoms with Crippen molar-refractivity contribution in [3.63, 3.8) is 0 Å². The number of halogens is 3. The van der Waals surface area contributed by atoms with E-state index in [9.17, 15) is 13.6 Å². The fourth-order valence-corrected chi connectivity index (χ4v) is 3.41. The molecule has 0 saturated heterocycles. The average molecular weight is 428 g/mol. The quantitative estimate of drug-likeness (QED) is 0.518. The molecule has 2 heterocycles. The third kappa shape index (κ3) is 3.64. The SMILES string of the molecule is O=c1[nH]c(Cc2ccc(-c3cc(F)cc(F)c3)nc2)nc2cccc(Br)c12. The van der Waals surface area contributed by atoms with Crippen LogP contribution in [0.25, 0.3) is 22.2 Å². The lowest BCUT2D eigenvalue weighted by Gasteiger charge is -2.06. The molecule has 134 valence electrons. The fourth-order valence-electron chi connectivity index (χ4n) is 2.88. The molecule has 0 atom stereocenters. The van der Waals surface area contributed by atoms with E-state index in [0.717, 1.165) is 11.6 Å². The number of aromatic amines is 1. The number of rotatable bonds is 3. The van der Waals surface area contributed by atoms with E-state index in [4.69, 9.17) is 0 Å². The lowest BCUT2D eigenvalue weighted by atomic mass is 10.1. The van der Waals surface area contributed by atoms with E-state index < -0.39 is 11.6 Å². The summed E-state index contributed by atoms with van der Waals surface area (Å²) in [5, 5.41) is 0.503. The molecule has 2 aromatic carbocycles. The van der Waals surface area contributed by atoms with Crippen LogP contribution < -0.4 is 5.56 Å². The molecule has 0 amide bonds. The number of hydrogen-bond acceptors (Lipinski definition) is 3. The second-order valence-electron chi connectivity index (χ2n) is 6.03. The van der Waals surface area contributed by atoms with Gasteiger partial charge in [0.15, 0.2) is 0 Å². The minimum absolute atomic E-state index is 0.220. The van der Waals surface area contributed by atoms with E-state index in [0.29, 0.717) is 38.9 Å². The van der Waals surface area contributed by atoms with Crippen LogP contribution in [0.3, 0.4) is 0 Å². The van der Waals surface area contributed by atoms with E-state index in [1.54, 1.807) is 30.5 Å². The molecule has 2 aromatic heterocycles. The second-order valence-corrected chi connectivity index (χ2v) is 6.89. The minimum atomic E-state index is -0.653. The molecule has 0 aliphatic heterocycles. The number of hydrogen-bond donors (Lipinski definition) is 1. The van der Waals surface area contributed by atoms with Crippen molar-refractivity contribution < 1.29 is 8.78 Å². The maximum atomic E-state index is 13.4. The largest absolute Gasteiger partial charge is 0.310 e. The van der Waals surface area contributed by atoms with Crippen LogP contribution in [0.4, 0.5) is 8.78 Å². The smallest absolute Gasteiger partial charge is 0.259 e. The highest BCUT2D eigenvalue weighted by molar-refractivity contribution is 9.10. The summed E-state index contributed by atoms with van der Waals surface area (Å²) in [7, 11) is 0. The average Bonchev–Trinajstić information content (AvgIpc) is 2.61. The molecule has 0 saturated carbocycles. The molecule has 27 heavy (non-hydrogen) atoms. The zero-order valence-corrected chi connectivity index (χ0v) is 15.4. The van der Waals surface area contributed by atoms with Crippen LogP contribution in [-0.4, -0.2) is 15.0 Å². The first-order valence-electron chi connectivity index (χ1n) is 8.08. The summed E-state index contributed by atoms with van der Waals surface area (Å²) in [6.07, 6.45) is 1.98. The topological polar surface area (TPSA) is 58.6 Å². The molecular formula is C20H12BrF2N3O. The van der Waals surface area contributed by atoms with E-state index in [-0.39, 0.29) is 5.56 Å². The number of benzene rings is 2. The summed E-state index contributed by atoms with van der Waals surface area (Å²) in [4.78, 5) is 23.8. The van der Waals surface area contributed by atoms with E-state index >= 15 is 0 Å². The molecule has 0 aliphatic carbocycles. The Kier molecular flexibility index (Phi) is 4.53. The maximum Gasteiger partial charge on any atom is 0.259 e. The Bertz CT molecular complexity index is 1190. The lowest BCUT2D eigenvalue weighted by Crippen LogP contribution is -2.12. The van der Waals surface area contributed by atoms with Gasteiger partial charge in [0.2, 0.25) is 0 Å². The Morgan fingerprint density at radius 2 is 1.81 bits per heavy atom. The lowest BCUT2D eigenvalue weighted by molar-refractivity contribution is 0.584. The van der Waals surface area contributed by atoms with Crippen molar-refractivity contribution in [2.24, 2.45) is 0 Å². The van der Waals surface area contributed by atoms with Crippen molar-refractivity contribution in [2.45, 2.75) is 6.42 Å². The Morgan fingerprint density at radius 1 is 1.04 bits per heavy atom. The van der Waals surface area contributed by atoms with Gasteiger partial charge in [-0.15, -0.1) is 0 Å². The van der Waals surface area contributed by atoms with Gasteiger partial charge in [-0.1, -0.05) is 12.1 Å². The number of H-pyrrole nitrogens is 1. The van der Waals surface area contributed by atoms with E-state index in [2.05, 4.69) is 30.9 Å². The van der Waals surface area contributed by atoms with E-state index in [1.165, 1.54) is 12.1 Å². The Labute approximate surface area is 161 Å². The summed E-state index contributed by atoms with van der Waals surface area (Å²) in [6, 6.07) is 12.1. The summed E-state index contributed by atoms with van der Waals surface area (Å²) in [6.45, 7) is 0. The zero-order chi connectivity index (χ0) is 19.0. The number of nitrogens with zero attached hydrogens (tertiary/aromatic N) is 2. The van der Waals surface area contributed by atoms with Crippen LogP contribution in [0.5, 0.6) is 0 Å². The van der Waals surface area contributed by atoms with Crippen molar-refractivity contribution in [3.05, 3.63) is 92.6 Å². The third-order valence-corrected chi connectivity index (χ3v) is 4.75. The van der Waals surface area contributed by atoms with Crippen LogP contribution in [-0.2, 0) is 6.42 Å². The van der Waals surface area contributed by atoms with Crippen molar-refractivity contribution in [3.8, 4) is 11.3 Å². The summed E-state index contributed by atoms with van der Waals surface area (Å²) in [5.41, 5.74) is 2.01. The molecule has 0 unspecified atom stereocenters. The van der Waals surface area contributed by atoms with Gasteiger partial charge < -0.3 is 4.98 Å². The predicted octanol–water partition coefficient (Wildman–Crippen LogP) is 4.62. The van der Waals surface area contributed by atoms with Crippen molar-refractivity contribution in [2.75, 3.05) is 0 Å². The van der Waals surface area contributed by atoms with E-state index in [1.807, 2.05) is 6.07 Å². The van der Waals surface area contributed by atoms with Gasteiger partial charge in [-0.05, 0) is 51.8 Å². The molecular weight excluding hydrogens is 416 g/mol. The van der Waals surface area contributed by atoms with Crippen LogP contribution in [0.1, 0.15) is 11.4 Å². The third-order valence-electron chi connectivity index (χ3n) is 4.09. The minimum Gasteiger partial charge on any atom is -0.310 e. The molecule has 1 N–H and O–H groups in total. The number of pyridine rings is 1. The summed E-state index contributed by atoms with van der Waals surface area (Å²) in [5.74, 6) is -0.795. The number of nitrogens with one attached hydrogen (secondary N) is 1. The Hall–Kier alpha value is -2.93. The predicted molar refractivity (Wildman–Crippen MR) is 102 cm³/mol. The highest BCUT2D eigenvalue weighted by Crippen LogP contribution is 2.21. The van der Waals surface area contributed by atoms with Crippen LogP contribution in [0, 0.1) is 11.6 Å². The summed E-state index contributed by atoms with van der Waals surface area (Å²) >= 11 is 3.36. The van der Waals surface area contributed by atoms with Crippen LogP contribution in [0.2, 0.25) is 0 Å². The first-order valence-corrected chi connectivity index (χ1v) is 8.88. The molecule has 7 heteroatoms. The molecule has 0 spiro atoms. The highest BCUT2D eigenvalue weighted by atomic mass is 79.9. The first-order chi connectivity index (χ1) is 13.0. The first kappa shape index (κ1) is 17.5. The van der Waals surface area contributed by atoms with Gasteiger partial charge in [0, 0.05) is 28.7 Å². The van der Waals surface area contributed by atoms with Gasteiger partial charge in [0.1, 0.15) is 17.5 Å². The van der Waals surface area contributed by atoms with Gasteiger partial charge in [-0.25, -0.2) is 13.8 Å². The molecule has 0 bridgehead atoms. The molecule has 0 aliphatic rings. The van der Waals surface area contributed by atoms with Crippen molar-refractivity contribution in [1.82, 2.24) is 15.0 Å². The van der Waals surface area contributed by atoms with Gasteiger partial charge in [0.05, 0.1) is 16.6 Å². The summed E-state index contributed by atoms with van der Waals surface area (Å²) < 4.78 is 27.4. The monoisotopic (exact) mass is 427 g/mol. The van der Waals surface area contributed by atoms with Crippen LogP contribution in [0.15, 0.2) is 64.0 Å². The van der Waals surface area contributed by atoms with Crippen molar-refractivity contribution >= 4 is 26.8 Å². The van der Waals surface area contributed by atoms with Gasteiger partial charge >= 0.3 is 0 Å². The number of fused-ring (bicyclic) bond motifs is 1. The fraction of sp³-hybridized carbons (Fsp3) is 0.0500. The highest BCUT2D eigenvalue weighted by Gasteiger charge is 2.09. The standard InChI is InChI=1S/C20H12BrF2N3O/c21-15-2-1-3-17-19(15)20(27)26-18(25-17)6-11-4-5-16(24-10-11)12-7-13(22)9-14(23)8-12/h1-5,7-10H,6H2,(H,25,26,27). The Balaban J connectivity index is 1.64. The number of aromatic nitrogens is 3. The molecule has 0 radical (unpaired) electrons. The maximum absolute atomic E-state index is 13.4. The molecule has 4 rings (SSSR count). The molecule has 0 fully saturated rings. The van der Waals surface area contributed by atoms with Gasteiger partial charge in [0.25, 0.3) is 5.56 Å². The Morgan fingerprint density at radius 3 is 2.52 bits per heavy atom. The van der Waals surface area contributed by atoms with Crippen LogP contribution >= 0.6 is 15.9 Å². The van der Waals surface area contributed by atoms with Gasteiger partial charge in [-0.3, -0.25) is 9.78 Å². The zero-order valence-electron chi connectivity index (χ0n) is 13.8. The molecule has 4 nitrogen and oxygen atoms in total. The van der Waals surface area contributed by atoms with Crippen molar-refractivity contribution in [1.29, 1.82) is 0 Å².